The van der Waals surface area contributed by atoms with Crippen molar-refractivity contribution in [2.24, 2.45) is 10.8 Å². The maximum absolute atomic E-state index is 14.2. The molecule has 45 heavy (non-hydrogen) atoms. The largest absolute Gasteiger partial charge is 0.493 e. The van der Waals surface area contributed by atoms with Crippen LogP contribution in [-0.4, -0.2) is 30.1 Å². The summed E-state index contributed by atoms with van der Waals surface area (Å²) in [7, 11) is 1.62. The van der Waals surface area contributed by atoms with E-state index in [9.17, 15) is 9.59 Å². The highest BCUT2D eigenvalue weighted by Gasteiger charge is 2.49. The number of methoxy groups -OCH3 is 1. The fourth-order valence-corrected chi connectivity index (χ4v) is 7.48. The quantitative estimate of drug-likeness (QED) is 0.251. The highest BCUT2D eigenvalue weighted by molar-refractivity contribution is 6.31. The zero-order chi connectivity index (χ0) is 31.9. The van der Waals surface area contributed by atoms with Gasteiger partial charge in [-0.25, -0.2) is 0 Å². The molecule has 3 aromatic rings. The van der Waals surface area contributed by atoms with E-state index in [1.807, 2.05) is 48.5 Å². The molecule has 0 N–H and O–H groups in total. The first-order valence-electron chi connectivity index (χ1n) is 15.8. The van der Waals surface area contributed by atoms with E-state index >= 15 is 0 Å². The van der Waals surface area contributed by atoms with Crippen LogP contribution in [0.5, 0.6) is 11.5 Å². The lowest BCUT2D eigenvalue weighted by atomic mass is 9.63. The maximum atomic E-state index is 14.2. The molecule has 0 atom stereocenters. The number of hydrogen-bond donors (Lipinski definition) is 0. The first-order chi connectivity index (χ1) is 21.5. The zero-order valence-electron chi connectivity index (χ0n) is 26.9. The number of ketones is 2. The minimum atomic E-state index is -0.443. The van der Waals surface area contributed by atoms with Crippen molar-refractivity contribution in [3.63, 3.8) is 0 Å². The summed E-state index contributed by atoms with van der Waals surface area (Å²) < 4.78 is 12.0. The molecule has 1 aliphatic heterocycles. The molecule has 2 aliphatic carbocycles. The fraction of sp³-hybridized carbons (Fsp3) is 0.385. The standard InChI is InChI=1S/C39H42ClNO4/c1-38(2)20-29-36(31(42)22-38)35(26-15-16-33(34(19-26)44-5)45-24-27-13-9-10-14-28(27)40)37-30(21-39(3,4)23-32(37)43)41(29)18-17-25-11-7-6-8-12-25/h6-16,19,35H,17-18,20-24H2,1-5H3. The number of Topliss-reactive ketones (excluding diaryl/α,β-unsaturated/α-hetero) is 2. The van der Waals surface area contributed by atoms with E-state index < -0.39 is 5.92 Å². The van der Waals surface area contributed by atoms with Gasteiger partial charge in [-0.15, -0.1) is 0 Å². The molecule has 0 aromatic heterocycles. The van der Waals surface area contributed by atoms with Gasteiger partial charge in [-0.05, 0) is 59.4 Å². The third-order valence-corrected chi connectivity index (χ3v) is 9.72. The number of halogens is 1. The molecule has 0 saturated heterocycles. The number of nitrogens with zero attached hydrogens (tertiary/aromatic N) is 1. The normalized spacial score (nSPS) is 19.4. The Hall–Kier alpha value is -3.83. The highest BCUT2D eigenvalue weighted by Crippen LogP contribution is 2.55. The second-order valence-electron chi connectivity index (χ2n) is 14.2. The van der Waals surface area contributed by atoms with Crippen molar-refractivity contribution in [2.75, 3.05) is 13.7 Å². The van der Waals surface area contributed by atoms with Crippen molar-refractivity contribution in [1.29, 1.82) is 0 Å². The van der Waals surface area contributed by atoms with E-state index in [1.165, 1.54) is 5.56 Å². The molecule has 0 amide bonds. The molecule has 3 aliphatic rings. The second kappa shape index (κ2) is 12.2. The highest BCUT2D eigenvalue weighted by atomic mass is 35.5. The van der Waals surface area contributed by atoms with Gasteiger partial charge >= 0.3 is 0 Å². The number of rotatable bonds is 8. The molecule has 5 nitrogen and oxygen atoms in total. The molecular weight excluding hydrogens is 582 g/mol. The van der Waals surface area contributed by atoms with Crippen LogP contribution in [0, 0.1) is 10.8 Å². The molecule has 0 bridgehead atoms. The number of carbonyl (C=O) groups excluding carboxylic acids is 2. The molecule has 0 unspecified atom stereocenters. The van der Waals surface area contributed by atoms with Crippen molar-refractivity contribution in [1.82, 2.24) is 4.90 Å². The Morgan fingerprint density at radius 2 is 1.38 bits per heavy atom. The van der Waals surface area contributed by atoms with Gasteiger partial charge in [0.1, 0.15) is 6.61 Å². The van der Waals surface area contributed by atoms with Crippen molar-refractivity contribution >= 4 is 23.2 Å². The number of carbonyl (C=O) groups is 2. The van der Waals surface area contributed by atoms with E-state index in [0.29, 0.717) is 36.0 Å². The molecular formula is C39H42ClNO4. The molecule has 6 heteroatoms. The number of hydrogen-bond acceptors (Lipinski definition) is 5. The average molecular weight is 624 g/mol. The SMILES string of the molecule is COc1cc(C2C3=C(CC(C)(C)CC3=O)N(CCc3ccccc3)C3=C2C(=O)CC(C)(C)C3)ccc1OCc1ccccc1Cl. The zero-order valence-corrected chi connectivity index (χ0v) is 27.7. The lowest BCUT2D eigenvalue weighted by Gasteiger charge is -2.49. The molecule has 0 saturated carbocycles. The van der Waals surface area contributed by atoms with Crippen molar-refractivity contribution < 1.29 is 19.1 Å². The summed E-state index contributed by atoms with van der Waals surface area (Å²) in [5, 5.41) is 0.642. The Balaban J connectivity index is 1.45. The van der Waals surface area contributed by atoms with Crippen LogP contribution in [0.3, 0.4) is 0 Å². The lowest BCUT2D eigenvalue weighted by molar-refractivity contribution is -0.119. The van der Waals surface area contributed by atoms with Gasteiger partial charge in [0.25, 0.3) is 0 Å². The third kappa shape index (κ3) is 6.33. The number of benzene rings is 3. The predicted octanol–water partition coefficient (Wildman–Crippen LogP) is 8.86. The van der Waals surface area contributed by atoms with Crippen LogP contribution in [0.4, 0.5) is 0 Å². The summed E-state index contributed by atoms with van der Waals surface area (Å²) in [6.07, 6.45) is 3.29. The molecule has 6 rings (SSSR count). The summed E-state index contributed by atoms with van der Waals surface area (Å²) in [6, 6.07) is 23.9. The molecule has 0 spiro atoms. The first-order valence-corrected chi connectivity index (χ1v) is 16.2. The van der Waals surface area contributed by atoms with Gasteiger partial charge in [0.2, 0.25) is 0 Å². The van der Waals surface area contributed by atoms with Crippen LogP contribution in [0.25, 0.3) is 0 Å². The van der Waals surface area contributed by atoms with Crippen LogP contribution in [-0.2, 0) is 22.6 Å². The van der Waals surface area contributed by atoms with Crippen LogP contribution in [0.15, 0.2) is 95.3 Å². The van der Waals surface area contributed by atoms with E-state index in [0.717, 1.165) is 59.5 Å². The van der Waals surface area contributed by atoms with Gasteiger partial charge in [0.15, 0.2) is 23.1 Å². The molecule has 0 fully saturated rings. The van der Waals surface area contributed by atoms with Crippen LogP contribution >= 0.6 is 11.6 Å². The van der Waals surface area contributed by atoms with E-state index in [2.05, 4.69) is 56.9 Å². The number of allylic oxidation sites excluding steroid dienone is 4. The van der Waals surface area contributed by atoms with E-state index in [-0.39, 0.29) is 22.4 Å². The van der Waals surface area contributed by atoms with Gasteiger partial charge in [-0.2, -0.15) is 0 Å². The Kier molecular flexibility index (Phi) is 8.43. The molecule has 234 valence electrons. The van der Waals surface area contributed by atoms with Crippen LogP contribution in [0.2, 0.25) is 5.02 Å². The van der Waals surface area contributed by atoms with Crippen molar-refractivity contribution in [3.05, 3.63) is 117 Å². The summed E-state index contributed by atoms with van der Waals surface area (Å²) in [5.74, 6) is 0.942. The van der Waals surface area contributed by atoms with E-state index in [4.69, 9.17) is 21.1 Å². The monoisotopic (exact) mass is 623 g/mol. The minimum absolute atomic E-state index is 0.123. The molecule has 0 radical (unpaired) electrons. The first kappa shape index (κ1) is 31.2. The van der Waals surface area contributed by atoms with Crippen molar-refractivity contribution in [2.45, 2.75) is 72.3 Å². The Morgan fingerprint density at radius 1 is 0.778 bits per heavy atom. The molecule has 1 heterocycles. The number of ether oxygens (including phenoxy) is 2. The maximum Gasteiger partial charge on any atom is 0.162 e. The van der Waals surface area contributed by atoms with Gasteiger partial charge < -0.3 is 14.4 Å². The Bertz CT molecular complexity index is 1650. The average Bonchev–Trinajstić information content (AvgIpc) is 2.98. The summed E-state index contributed by atoms with van der Waals surface area (Å²) in [4.78, 5) is 30.7. The topological polar surface area (TPSA) is 55.8 Å². The summed E-state index contributed by atoms with van der Waals surface area (Å²) >= 11 is 6.37. The molecule has 3 aromatic carbocycles. The smallest absolute Gasteiger partial charge is 0.162 e. The van der Waals surface area contributed by atoms with Gasteiger partial charge in [0, 0.05) is 58.4 Å². The van der Waals surface area contributed by atoms with Crippen molar-refractivity contribution in [3.8, 4) is 11.5 Å². The van der Waals surface area contributed by atoms with Crippen LogP contribution < -0.4 is 9.47 Å². The second-order valence-corrected chi connectivity index (χ2v) is 14.6. The van der Waals surface area contributed by atoms with Gasteiger partial charge in [0.05, 0.1) is 7.11 Å². The van der Waals surface area contributed by atoms with Gasteiger partial charge in [-0.1, -0.05) is 93.9 Å². The van der Waals surface area contributed by atoms with E-state index in [1.54, 1.807) is 7.11 Å². The van der Waals surface area contributed by atoms with Gasteiger partial charge in [-0.3, -0.25) is 9.59 Å². The minimum Gasteiger partial charge on any atom is -0.493 e. The Morgan fingerprint density at radius 3 is 1.98 bits per heavy atom. The predicted molar refractivity (Wildman–Crippen MR) is 178 cm³/mol. The lowest BCUT2D eigenvalue weighted by Crippen LogP contribution is -2.45. The Labute approximate surface area is 271 Å². The summed E-state index contributed by atoms with van der Waals surface area (Å²) in [6.45, 7) is 9.71. The summed E-state index contributed by atoms with van der Waals surface area (Å²) in [5.41, 5.74) is 6.31. The fourth-order valence-electron chi connectivity index (χ4n) is 7.29. The van der Waals surface area contributed by atoms with Crippen LogP contribution in [0.1, 0.15) is 76.0 Å². The third-order valence-electron chi connectivity index (χ3n) is 9.35.